The van der Waals surface area contributed by atoms with Gasteiger partial charge in [0.2, 0.25) is 10.0 Å². The van der Waals surface area contributed by atoms with Gasteiger partial charge in [0.05, 0.1) is 4.90 Å². The minimum absolute atomic E-state index is 0.198. The lowest BCUT2D eigenvalue weighted by molar-refractivity contribution is 0.102. The first-order valence-electron chi connectivity index (χ1n) is 8.95. The molecule has 1 saturated heterocycles. The van der Waals surface area contributed by atoms with Gasteiger partial charge in [-0.05, 0) is 50.7 Å². The molecule has 1 aliphatic rings. The zero-order valence-electron chi connectivity index (χ0n) is 15.9. The molecule has 27 heavy (non-hydrogen) atoms. The van der Waals surface area contributed by atoms with Gasteiger partial charge in [0.1, 0.15) is 0 Å². The number of hydrogen-bond acceptors (Lipinski definition) is 4. The van der Waals surface area contributed by atoms with Gasteiger partial charge in [-0.3, -0.25) is 4.79 Å². The van der Waals surface area contributed by atoms with Crippen LogP contribution in [-0.4, -0.2) is 56.8 Å². The highest BCUT2D eigenvalue weighted by atomic mass is 32.2. The molecule has 2 aromatic carbocycles. The molecular weight excluding hydrogens is 362 g/mol. The summed E-state index contributed by atoms with van der Waals surface area (Å²) in [5.74, 6) is -0.325. The van der Waals surface area contributed by atoms with E-state index in [-0.39, 0.29) is 10.8 Å². The summed E-state index contributed by atoms with van der Waals surface area (Å²) in [6.07, 6.45) is 0. The number of likely N-dealkylation sites (N-methyl/N-ethyl adjacent to an activating group) is 1. The van der Waals surface area contributed by atoms with E-state index >= 15 is 0 Å². The third-order valence-electron chi connectivity index (χ3n) is 4.84. The SMILES string of the molecule is Cc1ccc(NC(=O)c2ccc(C)c(S(=O)(=O)N3CCN(C)CC3)c2)cc1. The molecule has 1 heterocycles. The lowest BCUT2D eigenvalue weighted by Crippen LogP contribution is -2.47. The molecule has 2 aromatic rings. The number of carbonyl (C=O) groups is 1. The highest BCUT2D eigenvalue weighted by Gasteiger charge is 2.29. The normalized spacial score (nSPS) is 16.3. The van der Waals surface area contributed by atoms with Gasteiger partial charge in [0.15, 0.2) is 0 Å². The first-order valence-corrected chi connectivity index (χ1v) is 10.4. The molecule has 1 aliphatic heterocycles. The summed E-state index contributed by atoms with van der Waals surface area (Å²) in [7, 11) is -1.65. The third-order valence-corrected chi connectivity index (χ3v) is 6.88. The zero-order chi connectivity index (χ0) is 19.6. The first-order chi connectivity index (χ1) is 12.8. The lowest BCUT2D eigenvalue weighted by atomic mass is 10.1. The summed E-state index contributed by atoms with van der Waals surface area (Å²) in [6.45, 7) is 6.04. The van der Waals surface area contributed by atoms with Gasteiger partial charge in [-0.15, -0.1) is 0 Å². The molecule has 0 aliphatic carbocycles. The van der Waals surface area contributed by atoms with E-state index < -0.39 is 10.0 Å². The molecule has 0 radical (unpaired) electrons. The Balaban J connectivity index is 1.85. The molecule has 1 N–H and O–H groups in total. The molecule has 1 amide bonds. The standard InChI is InChI=1S/C20H25N3O3S/c1-15-4-8-18(9-5-15)21-20(24)17-7-6-16(2)19(14-17)27(25,26)23-12-10-22(3)11-13-23/h4-9,14H,10-13H2,1-3H3,(H,21,24). The summed E-state index contributed by atoms with van der Waals surface area (Å²) < 4.78 is 27.6. The largest absolute Gasteiger partial charge is 0.322 e. The van der Waals surface area contributed by atoms with Crippen molar-refractivity contribution < 1.29 is 13.2 Å². The fourth-order valence-corrected chi connectivity index (χ4v) is 4.70. The maximum atomic E-state index is 13.1. The first kappa shape index (κ1) is 19.5. The van der Waals surface area contributed by atoms with Crippen LogP contribution in [0.5, 0.6) is 0 Å². The molecule has 1 fully saturated rings. The third kappa shape index (κ3) is 4.37. The summed E-state index contributed by atoms with van der Waals surface area (Å²) >= 11 is 0. The summed E-state index contributed by atoms with van der Waals surface area (Å²) in [4.78, 5) is 14.9. The lowest BCUT2D eigenvalue weighted by Gasteiger charge is -2.32. The Bertz CT molecular complexity index is 931. The van der Waals surface area contributed by atoms with E-state index in [9.17, 15) is 13.2 Å². The molecule has 0 aromatic heterocycles. The van der Waals surface area contributed by atoms with Crippen molar-refractivity contribution in [3.8, 4) is 0 Å². The van der Waals surface area contributed by atoms with Crippen LogP contribution in [0.1, 0.15) is 21.5 Å². The number of nitrogens with one attached hydrogen (secondary N) is 1. The van der Waals surface area contributed by atoms with E-state index in [1.807, 2.05) is 38.2 Å². The Morgan fingerprint density at radius 3 is 2.22 bits per heavy atom. The number of anilines is 1. The Morgan fingerprint density at radius 2 is 1.59 bits per heavy atom. The van der Waals surface area contributed by atoms with Crippen LogP contribution in [-0.2, 0) is 10.0 Å². The number of hydrogen-bond donors (Lipinski definition) is 1. The average molecular weight is 388 g/mol. The van der Waals surface area contributed by atoms with Gasteiger partial charge in [0.25, 0.3) is 5.91 Å². The van der Waals surface area contributed by atoms with Crippen molar-refractivity contribution in [2.24, 2.45) is 0 Å². The summed E-state index contributed by atoms with van der Waals surface area (Å²) in [6, 6.07) is 12.3. The molecular formula is C20H25N3O3S. The molecule has 7 heteroatoms. The van der Waals surface area contributed by atoms with E-state index in [0.29, 0.717) is 43.0 Å². The van der Waals surface area contributed by atoms with Gasteiger partial charge in [-0.25, -0.2) is 8.42 Å². The van der Waals surface area contributed by atoms with Gasteiger partial charge >= 0.3 is 0 Å². The van der Waals surface area contributed by atoms with Crippen LogP contribution in [0.3, 0.4) is 0 Å². The Kier molecular flexibility index (Phi) is 5.64. The Hall–Kier alpha value is -2.22. The van der Waals surface area contributed by atoms with Gasteiger partial charge in [-0.1, -0.05) is 23.8 Å². The second-order valence-corrected chi connectivity index (χ2v) is 8.91. The minimum Gasteiger partial charge on any atom is -0.322 e. The molecule has 0 bridgehead atoms. The number of amides is 1. The van der Waals surface area contributed by atoms with Crippen LogP contribution in [0.4, 0.5) is 5.69 Å². The van der Waals surface area contributed by atoms with Crippen LogP contribution in [0.15, 0.2) is 47.4 Å². The number of aryl methyl sites for hydroxylation is 2. The number of nitrogens with zero attached hydrogens (tertiary/aromatic N) is 2. The highest BCUT2D eigenvalue weighted by Crippen LogP contribution is 2.23. The van der Waals surface area contributed by atoms with E-state index in [2.05, 4.69) is 10.2 Å². The smallest absolute Gasteiger partial charge is 0.255 e. The van der Waals surface area contributed by atoms with Crippen LogP contribution < -0.4 is 5.32 Å². The number of piperazine rings is 1. The Labute approximate surface area is 160 Å². The molecule has 0 unspecified atom stereocenters. The average Bonchev–Trinajstić information content (AvgIpc) is 2.64. The summed E-state index contributed by atoms with van der Waals surface area (Å²) in [5, 5.41) is 2.81. The van der Waals surface area contributed by atoms with Crippen molar-refractivity contribution in [1.82, 2.24) is 9.21 Å². The van der Waals surface area contributed by atoms with Gasteiger partial charge in [-0.2, -0.15) is 4.31 Å². The van der Waals surface area contributed by atoms with Crippen LogP contribution >= 0.6 is 0 Å². The van der Waals surface area contributed by atoms with Gasteiger partial charge in [0, 0.05) is 37.4 Å². The van der Waals surface area contributed by atoms with E-state index in [0.717, 1.165) is 5.56 Å². The topological polar surface area (TPSA) is 69.7 Å². The fraction of sp³-hybridized carbons (Fsp3) is 0.350. The molecule has 6 nitrogen and oxygen atoms in total. The van der Waals surface area contributed by atoms with Crippen LogP contribution in [0, 0.1) is 13.8 Å². The number of rotatable bonds is 4. The fourth-order valence-electron chi connectivity index (χ4n) is 3.03. The van der Waals surface area contributed by atoms with Crippen molar-refractivity contribution in [2.75, 3.05) is 38.5 Å². The molecule has 144 valence electrons. The van der Waals surface area contributed by atoms with Crippen molar-refractivity contribution in [3.63, 3.8) is 0 Å². The number of sulfonamides is 1. The quantitative estimate of drug-likeness (QED) is 0.875. The van der Waals surface area contributed by atoms with Crippen LogP contribution in [0.2, 0.25) is 0 Å². The maximum Gasteiger partial charge on any atom is 0.255 e. The van der Waals surface area contributed by atoms with Crippen molar-refractivity contribution in [2.45, 2.75) is 18.7 Å². The second kappa shape index (κ2) is 7.80. The highest BCUT2D eigenvalue weighted by molar-refractivity contribution is 7.89. The molecule has 0 atom stereocenters. The molecule has 0 saturated carbocycles. The minimum atomic E-state index is -3.62. The predicted molar refractivity (Wildman–Crippen MR) is 107 cm³/mol. The monoisotopic (exact) mass is 387 g/mol. The van der Waals surface area contributed by atoms with Gasteiger partial charge < -0.3 is 10.2 Å². The second-order valence-electron chi connectivity index (χ2n) is 7.01. The maximum absolute atomic E-state index is 13.1. The molecule has 3 rings (SSSR count). The van der Waals surface area contributed by atoms with Crippen molar-refractivity contribution in [1.29, 1.82) is 0 Å². The summed E-state index contributed by atoms with van der Waals surface area (Å²) in [5.41, 5.74) is 2.74. The predicted octanol–water partition coefficient (Wildman–Crippen LogP) is 2.49. The van der Waals surface area contributed by atoms with E-state index in [1.54, 1.807) is 19.1 Å². The Morgan fingerprint density at radius 1 is 0.963 bits per heavy atom. The number of carbonyl (C=O) groups excluding carboxylic acids is 1. The van der Waals surface area contributed by atoms with Crippen molar-refractivity contribution >= 4 is 21.6 Å². The zero-order valence-corrected chi connectivity index (χ0v) is 16.7. The number of benzene rings is 2. The van der Waals surface area contributed by atoms with E-state index in [4.69, 9.17) is 0 Å². The molecule has 0 spiro atoms. The van der Waals surface area contributed by atoms with Crippen molar-refractivity contribution in [3.05, 3.63) is 59.2 Å². The van der Waals surface area contributed by atoms with E-state index in [1.165, 1.54) is 10.4 Å². The van der Waals surface area contributed by atoms with Crippen LogP contribution in [0.25, 0.3) is 0 Å².